The van der Waals surface area contributed by atoms with Gasteiger partial charge in [-0.25, -0.2) is 0 Å². The quantitative estimate of drug-likeness (QED) is 0.770. The molecule has 5 heteroatoms. The topological polar surface area (TPSA) is 68.0 Å². The van der Waals surface area contributed by atoms with E-state index in [1.54, 1.807) is 18.5 Å². The fourth-order valence-electron chi connectivity index (χ4n) is 1.90. The second-order valence-corrected chi connectivity index (χ2v) is 5.14. The van der Waals surface area contributed by atoms with Gasteiger partial charge in [0.1, 0.15) is 5.25 Å². The Labute approximate surface area is 109 Å². The summed E-state index contributed by atoms with van der Waals surface area (Å²) in [6.07, 6.45) is 3.41. The van der Waals surface area contributed by atoms with E-state index in [-0.39, 0.29) is 11.2 Å². The molecule has 3 rings (SSSR count). The van der Waals surface area contributed by atoms with Crippen LogP contribution in [-0.4, -0.2) is 10.9 Å². The fourth-order valence-corrected chi connectivity index (χ4v) is 3.04. The molecule has 1 atom stereocenters. The average Bonchev–Trinajstić information content (AvgIpc) is 2.40. The van der Waals surface area contributed by atoms with E-state index >= 15 is 0 Å². The van der Waals surface area contributed by atoms with E-state index in [0.717, 1.165) is 10.5 Å². The monoisotopic (exact) mass is 257 g/mol. The number of benzene rings is 1. The zero-order valence-electron chi connectivity index (χ0n) is 9.46. The Kier molecular flexibility index (Phi) is 2.68. The maximum atomic E-state index is 12.1. The normalized spacial score (nSPS) is 18.0. The number of thioether (sulfide) groups is 1. The van der Waals surface area contributed by atoms with Gasteiger partial charge >= 0.3 is 0 Å². The molecular formula is C13H11N3OS. The predicted octanol–water partition coefficient (Wildman–Crippen LogP) is 2.45. The van der Waals surface area contributed by atoms with Crippen LogP contribution < -0.4 is 11.1 Å². The fraction of sp³-hybridized carbons (Fsp3) is 0.0769. The van der Waals surface area contributed by atoms with E-state index in [1.807, 2.05) is 24.3 Å². The van der Waals surface area contributed by atoms with Crippen LogP contribution in [-0.2, 0) is 4.79 Å². The first kappa shape index (κ1) is 11.1. The van der Waals surface area contributed by atoms with Gasteiger partial charge in [0, 0.05) is 17.3 Å². The van der Waals surface area contributed by atoms with E-state index < -0.39 is 0 Å². The number of aromatic nitrogens is 1. The summed E-state index contributed by atoms with van der Waals surface area (Å²) in [5.74, 6) is -0.0570. The van der Waals surface area contributed by atoms with Crippen LogP contribution in [0.3, 0.4) is 0 Å². The van der Waals surface area contributed by atoms with Crippen molar-refractivity contribution in [2.24, 2.45) is 0 Å². The Hall–Kier alpha value is -2.01. The lowest BCUT2D eigenvalue weighted by atomic mass is 10.2. The number of para-hydroxylation sites is 1. The molecule has 90 valence electrons. The second-order valence-electron chi connectivity index (χ2n) is 3.99. The molecule has 1 aromatic carbocycles. The lowest BCUT2D eigenvalue weighted by Crippen LogP contribution is -2.23. The zero-order valence-corrected chi connectivity index (χ0v) is 10.3. The first-order chi connectivity index (χ1) is 8.75. The highest BCUT2D eigenvalue weighted by Crippen LogP contribution is 2.45. The molecule has 0 bridgehead atoms. The van der Waals surface area contributed by atoms with Gasteiger partial charge < -0.3 is 11.1 Å². The molecule has 0 fully saturated rings. The molecule has 0 aliphatic carbocycles. The van der Waals surface area contributed by atoms with Gasteiger partial charge in [-0.05, 0) is 23.8 Å². The summed E-state index contributed by atoms with van der Waals surface area (Å²) in [6, 6.07) is 9.36. The molecule has 1 aliphatic rings. The highest BCUT2D eigenvalue weighted by Gasteiger charge is 2.29. The largest absolute Gasteiger partial charge is 0.397 e. The van der Waals surface area contributed by atoms with Crippen molar-refractivity contribution in [1.82, 2.24) is 4.98 Å². The lowest BCUT2D eigenvalue weighted by Gasteiger charge is -2.25. The molecule has 2 aromatic rings. The Balaban J connectivity index is 2.00. The zero-order chi connectivity index (χ0) is 12.5. The Morgan fingerprint density at radius 1 is 1.28 bits per heavy atom. The minimum absolute atomic E-state index is 0.0570. The highest BCUT2D eigenvalue weighted by molar-refractivity contribution is 8.00. The number of hydrogen-bond donors (Lipinski definition) is 2. The van der Waals surface area contributed by atoms with Crippen molar-refractivity contribution in [2.75, 3.05) is 11.1 Å². The number of amides is 1. The van der Waals surface area contributed by atoms with Crippen molar-refractivity contribution in [3.63, 3.8) is 0 Å². The molecule has 3 N–H and O–H groups in total. The first-order valence-electron chi connectivity index (χ1n) is 5.51. The molecule has 0 saturated heterocycles. The van der Waals surface area contributed by atoms with Crippen LogP contribution in [0.4, 0.5) is 11.4 Å². The van der Waals surface area contributed by atoms with Gasteiger partial charge in [0.15, 0.2) is 0 Å². The molecular weight excluding hydrogens is 246 g/mol. The van der Waals surface area contributed by atoms with E-state index in [4.69, 9.17) is 5.73 Å². The summed E-state index contributed by atoms with van der Waals surface area (Å²) in [5, 5.41) is 2.59. The molecule has 1 amide bonds. The van der Waals surface area contributed by atoms with Crippen molar-refractivity contribution >= 4 is 29.0 Å². The van der Waals surface area contributed by atoms with Crippen LogP contribution in [0.1, 0.15) is 10.8 Å². The summed E-state index contributed by atoms with van der Waals surface area (Å²) in [6.45, 7) is 0. The molecule has 1 unspecified atom stereocenters. The SMILES string of the molecule is Nc1cccc2c1NC(=O)C(c1cccnc1)S2. The van der Waals surface area contributed by atoms with Crippen LogP contribution in [0.25, 0.3) is 0 Å². The number of anilines is 2. The predicted molar refractivity (Wildman–Crippen MR) is 72.3 cm³/mol. The Bertz CT molecular complexity index is 600. The molecule has 18 heavy (non-hydrogen) atoms. The summed E-state index contributed by atoms with van der Waals surface area (Å²) >= 11 is 1.50. The summed E-state index contributed by atoms with van der Waals surface area (Å²) in [4.78, 5) is 17.1. The Morgan fingerprint density at radius 2 is 2.17 bits per heavy atom. The second kappa shape index (κ2) is 4.34. The summed E-state index contributed by atoms with van der Waals surface area (Å²) in [7, 11) is 0. The smallest absolute Gasteiger partial charge is 0.242 e. The number of hydrogen-bond acceptors (Lipinski definition) is 4. The van der Waals surface area contributed by atoms with Crippen molar-refractivity contribution in [2.45, 2.75) is 10.1 Å². The number of pyridine rings is 1. The van der Waals surface area contributed by atoms with Crippen LogP contribution in [0.15, 0.2) is 47.6 Å². The van der Waals surface area contributed by atoms with Crippen molar-refractivity contribution in [1.29, 1.82) is 0 Å². The third-order valence-electron chi connectivity index (χ3n) is 2.78. The molecule has 0 radical (unpaired) electrons. The first-order valence-corrected chi connectivity index (χ1v) is 6.39. The van der Waals surface area contributed by atoms with Gasteiger partial charge in [0.05, 0.1) is 11.4 Å². The number of fused-ring (bicyclic) bond motifs is 1. The van der Waals surface area contributed by atoms with Gasteiger partial charge in [-0.1, -0.05) is 12.1 Å². The minimum atomic E-state index is -0.270. The lowest BCUT2D eigenvalue weighted by molar-refractivity contribution is -0.115. The number of carbonyl (C=O) groups excluding carboxylic acids is 1. The number of nitrogens with zero attached hydrogens (tertiary/aromatic N) is 1. The van der Waals surface area contributed by atoms with Crippen LogP contribution in [0.5, 0.6) is 0 Å². The van der Waals surface area contributed by atoms with Gasteiger partial charge in [0.2, 0.25) is 5.91 Å². The molecule has 1 aromatic heterocycles. The average molecular weight is 257 g/mol. The third-order valence-corrected chi connectivity index (χ3v) is 4.09. The van der Waals surface area contributed by atoms with Gasteiger partial charge in [-0.15, -0.1) is 11.8 Å². The van der Waals surface area contributed by atoms with Gasteiger partial charge in [-0.3, -0.25) is 9.78 Å². The molecule has 0 saturated carbocycles. The maximum Gasteiger partial charge on any atom is 0.242 e. The van der Waals surface area contributed by atoms with E-state index in [2.05, 4.69) is 10.3 Å². The Morgan fingerprint density at radius 3 is 2.94 bits per heavy atom. The standard InChI is InChI=1S/C13H11N3OS/c14-9-4-1-5-10-11(9)16-13(17)12(18-10)8-3-2-6-15-7-8/h1-7,12H,14H2,(H,16,17). The van der Waals surface area contributed by atoms with E-state index in [0.29, 0.717) is 11.4 Å². The number of carbonyl (C=O) groups is 1. The minimum Gasteiger partial charge on any atom is -0.397 e. The van der Waals surface area contributed by atoms with Crippen molar-refractivity contribution in [3.05, 3.63) is 48.3 Å². The number of nitrogen functional groups attached to an aromatic ring is 1. The maximum absolute atomic E-state index is 12.1. The third kappa shape index (κ3) is 1.82. The number of nitrogens with one attached hydrogen (secondary N) is 1. The summed E-state index contributed by atoms with van der Waals surface area (Å²) in [5.41, 5.74) is 8.05. The van der Waals surface area contributed by atoms with Crippen LogP contribution >= 0.6 is 11.8 Å². The van der Waals surface area contributed by atoms with Gasteiger partial charge in [-0.2, -0.15) is 0 Å². The van der Waals surface area contributed by atoms with Gasteiger partial charge in [0.25, 0.3) is 0 Å². The van der Waals surface area contributed by atoms with E-state index in [9.17, 15) is 4.79 Å². The van der Waals surface area contributed by atoms with Crippen LogP contribution in [0, 0.1) is 0 Å². The number of rotatable bonds is 1. The van der Waals surface area contributed by atoms with E-state index in [1.165, 1.54) is 11.8 Å². The molecule has 1 aliphatic heterocycles. The number of nitrogens with two attached hydrogens (primary N) is 1. The molecule has 2 heterocycles. The van der Waals surface area contributed by atoms with Crippen molar-refractivity contribution in [3.8, 4) is 0 Å². The van der Waals surface area contributed by atoms with Crippen molar-refractivity contribution < 1.29 is 4.79 Å². The molecule has 4 nitrogen and oxygen atoms in total. The van der Waals surface area contributed by atoms with Crippen LogP contribution in [0.2, 0.25) is 0 Å². The molecule has 0 spiro atoms. The summed E-state index contributed by atoms with van der Waals surface area (Å²) < 4.78 is 0. The highest BCUT2D eigenvalue weighted by atomic mass is 32.2.